The summed E-state index contributed by atoms with van der Waals surface area (Å²) in [7, 11) is 0. The normalized spacial score (nSPS) is 19.2. The molecule has 64 valence electrons. The van der Waals surface area contributed by atoms with Gasteiger partial charge in [0.25, 0.3) is 0 Å². The van der Waals surface area contributed by atoms with Crippen molar-refractivity contribution in [3.63, 3.8) is 0 Å². The van der Waals surface area contributed by atoms with E-state index >= 15 is 0 Å². The summed E-state index contributed by atoms with van der Waals surface area (Å²) in [5, 5.41) is 0.508. The zero-order valence-corrected chi connectivity index (χ0v) is 8.98. The zero-order valence-electron chi connectivity index (χ0n) is 6.64. The largest absolute Gasteiger partial charge is 0.239 e. The molecule has 1 fully saturated rings. The van der Waals surface area contributed by atoms with Crippen molar-refractivity contribution >= 4 is 27.5 Å². The van der Waals surface area contributed by atoms with Crippen molar-refractivity contribution in [2.45, 2.75) is 25.2 Å². The first-order chi connectivity index (χ1) is 5.62. The highest BCUT2D eigenvalue weighted by Crippen LogP contribution is 2.46. The summed E-state index contributed by atoms with van der Waals surface area (Å²) in [4.78, 5) is 8.44. The highest BCUT2D eigenvalue weighted by atomic mass is 79.9. The van der Waals surface area contributed by atoms with E-state index < -0.39 is 0 Å². The van der Waals surface area contributed by atoms with E-state index in [-0.39, 0.29) is 5.41 Å². The Labute approximate surface area is 84.5 Å². The molecule has 0 aliphatic heterocycles. The van der Waals surface area contributed by atoms with Gasteiger partial charge in [0.2, 0.25) is 0 Å². The van der Waals surface area contributed by atoms with Crippen LogP contribution in [-0.2, 0) is 5.41 Å². The fourth-order valence-corrected chi connectivity index (χ4v) is 1.37. The fraction of sp³-hybridized carbons (Fsp3) is 0.500. The second-order valence-electron chi connectivity index (χ2n) is 3.39. The summed E-state index contributed by atoms with van der Waals surface area (Å²) >= 11 is 9.11. The van der Waals surface area contributed by atoms with Crippen LogP contribution in [0.1, 0.15) is 25.6 Å². The lowest BCUT2D eigenvalue weighted by molar-refractivity contribution is 0.707. The summed E-state index contributed by atoms with van der Waals surface area (Å²) in [6.07, 6.45) is 4.06. The minimum atomic E-state index is 0.199. The monoisotopic (exact) mass is 246 g/mol. The molecule has 0 atom stereocenters. The van der Waals surface area contributed by atoms with Gasteiger partial charge in [-0.15, -0.1) is 0 Å². The number of nitrogens with zero attached hydrogens (tertiary/aromatic N) is 2. The highest BCUT2D eigenvalue weighted by Gasteiger charge is 2.42. The van der Waals surface area contributed by atoms with Gasteiger partial charge in [0, 0.05) is 11.6 Å². The van der Waals surface area contributed by atoms with Crippen molar-refractivity contribution in [2.24, 2.45) is 0 Å². The minimum Gasteiger partial charge on any atom is -0.239 e. The smallest absolute Gasteiger partial charge is 0.146 e. The van der Waals surface area contributed by atoms with Crippen molar-refractivity contribution in [3.8, 4) is 0 Å². The molecule has 4 heteroatoms. The summed E-state index contributed by atoms with van der Waals surface area (Å²) in [5.41, 5.74) is 0.199. The molecule has 2 rings (SSSR count). The second kappa shape index (κ2) is 2.67. The van der Waals surface area contributed by atoms with E-state index in [0.29, 0.717) is 5.15 Å². The number of aromatic nitrogens is 2. The van der Waals surface area contributed by atoms with Crippen molar-refractivity contribution in [2.75, 3.05) is 0 Å². The van der Waals surface area contributed by atoms with Crippen molar-refractivity contribution in [1.29, 1.82) is 0 Å². The first kappa shape index (κ1) is 8.45. The molecule has 1 aromatic heterocycles. The number of hydrogen-bond donors (Lipinski definition) is 0. The van der Waals surface area contributed by atoms with Gasteiger partial charge in [0.05, 0.1) is 4.47 Å². The molecule has 0 unspecified atom stereocenters. The number of hydrogen-bond acceptors (Lipinski definition) is 2. The average molecular weight is 248 g/mol. The fourth-order valence-electron chi connectivity index (χ4n) is 1.05. The van der Waals surface area contributed by atoms with Gasteiger partial charge in [0.1, 0.15) is 11.0 Å². The number of halogens is 2. The summed E-state index contributed by atoms with van der Waals surface area (Å²) < 4.78 is 0.761. The summed E-state index contributed by atoms with van der Waals surface area (Å²) in [6, 6.07) is 0. The SMILES string of the molecule is CC1(c2ncc(Br)c(Cl)n2)CC1. The van der Waals surface area contributed by atoms with Crippen molar-refractivity contribution in [3.05, 3.63) is 21.6 Å². The van der Waals surface area contributed by atoms with E-state index in [0.717, 1.165) is 10.3 Å². The Morgan fingerprint density at radius 1 is 1.58 bits per heavy atom. The van der Waals surface area contributed by atoms with Crippen LogP contribution in [0.3, 0.4) is 0 Å². The molecule has 0 amide bonds. The molecule has 0 bridgehead atoms. The van der Waals surface area contributed by atoms with Crippen LogP contribution >= 0.6 is 27.5 Å². The van der Waals surface area contributed by atoms with E-state index in [2.05, 4.69) is 32.8 Å². The first-order valence-electron chi connectivity index (χ1n) is 3.80. The zero-order chi connectivity index (χ0) is 8.77. The van der Waals surface area contributed by atoms with Crippen molar-refractivity contribution < 1.29 is 0 Å². The van der Waals surface area contributed by atoms with E-state index in [1.165, 1.54) is 12.8 Å². The van der Waals surface area contributed by atoms with Gasteiger partial charge in [-0.1, -0.05) is 18.5 Å². The van der Waals surface area contributed by atoms with Gasteiger partial charge in [-0.2, -0.15) is 0 Å². The molecule has 0 radical (unpaired) electrons. The van der Waals surface area contributed by atoms with Crippen LogP contribution in [0.25, 0.3) is 0 Å². The predicted molar refractivity (Wildman–Crippen MR) is 51.3 cm³/mol. The lowest BCUT2D eigenvalue weighted by Gasteiger charge is -2.06. The van der Waals surface area contributed by atoms with Gasteiger partial charge in [0.15, 0.2) is 0 Å². The van der Waals surface area contributed by atoms with Crippen LogP contribution in [0.5, 0.6) is 0 Å². The molecular weight excluding hydrogens is 239 g/mol. The van der Waals surface area contributed by atoms with Crippen LogP contribution in [0.4, 0.5) is 0 Å². The van der Waals surface area contributed by atoms with Crippen LogP contribution in [0.15, 0.2) is 10.7 Å². The average Bonchev–Trinajstić information content (AvgIpc) is 2.75. The third kappa shape index (κ3) is 1.36. The molecule has 2 nitrogen and oxygen atoms in total. The third-order valence-corrected chi connectivity index (χ3v) is 3.34. The van der Waals surface area contributed by atoms with Crippen LogP contribution in [0, 0.1) is 0 Å². The van der Waals surface area contributed by atoms with Gasteiger partial charge in [-0.3, -0.25) is 0 Å². The molecule has 0 spiro atoms. The first-order valence-corrected chi connectivity index (χ1v) is 4.97. The third-order valence-electron chi connectivity index (χ3n) is 2.24. The maximum absolute atomic E-state index is 5.85. The quantitative estimate of drug-likeness (QED) is 0.713. The summed E-state index contributed by atoms with van der Waals surface area (Å²) in [5.74, 6) is 0.871. The number of rotatable bonds is 1. The maximum Gasteiger partial charge on any atom is 0.146 e. The standard InChI is InChI=1S/C8H8BrClN2/c1-8(2-3-8)7-11-4-5(9)6(10)12-7/h4H,2-3H2,1H3. The van der Waals surface area contributed by atoms with Crippen LogP contribution in [-0.4, -0.2) is 9.97 Å². The Bertz CT molecular complexity index is 323. The van der Waals surface area contributed by atoms with E-state index in [4.69, 9.17) is 11.6 Å². The van der Waals surface area contributed by atoms with E-state index in [9.17, 15) is 0 Å². The molecular formula is C8H8BrClN2. The molecule has 1 aliphatic carbocycles. The molecule has 1 saturated carbocycles. The lowest BCUT2D eigenvalue weighted by Crippen LogP contribution is -2.06. The Hall–Kier alpha value is -0.150. The highest BCUT2D eigenvalue weighted by molar-refractivity contribution is 9.10. The topological polar surface area (TPSA) is 25.8 Å². The second-order valence-corrected chi connectivity index (χ2v) is 4.61. The van der Waals surface area contributed by atoms with Gasteiger partial charge in [-0.25, -0.2) is 9.97 Å². The lowest BCUT2D eigenvalue weighted by atomic mass is 10.1. The van der Waals surface area contributed by atoms with Gasteiger partial charge in [-0.05, 0) is 28.8 Å². The van der Waals surface area contributed by atoms with Crippen molar-refractivity contribution in [1.82, 2.24) is 9.97 Å². The van der Waals surface area contributed by atoms with Gasteiger partial charge >= 0.3 is 0 Å². The Balaban J connectivity index is 2.41. The molecule has 12 heavy (non-hydrogen) atoms. The summed E-state index contributed by atoms with van der Waals surface area (Å²) in [6.45, 7) is 2.16. The molecule has 1 aliphatic rings. The molecule has 0 saturated heterocycles. The van der Waals surface area contributed by atoms with Crippen LogP contribution < -0.4 is 0 Å². The predicted octanol–water partition coefficient (Wildman–Crippen LogP) is 2.94. The molecule has 1 heterocycles. The minimum absolute atomic E-state index is 0.199. The Morgan fingerprint density at radius 3 is 2.75 bits per heavy atom. The Kier molecular flexibility index (Phi) is 1.88. The van der Waals surface area contributed by atoms with E-state index in [1.807, 2.05) is 0 Å². The molecule has 0 aromatic carbocycles. The van der Waals surface area contributed by atoms with Gasteiger partial charge < -0.3 is 0 Å². The molecule has 1 aromatic rings. The molecule has 0 N–H and O–H groups in total. The van der Waals surface area contributed by atoms with Crippen LogP contribution in [0.2, 0.25) is 5.15 Å². The maximum atomic E-state index is 5.85. The Morgan fingerprint density at radius 2 is 2.25 bits per heavy atom. The van der Waals surface area contributed by atoms with E-state index in [1.54, 1.807) is 6.20 Å².